The Kier molecular flexibility index (Phi) is 5.25. The van der Waals surface area contributed by atoms with E-state index in [9.17, 15) is 0 Å². The van der Waals surface area contributed by atoms with Gasteiger partial charge in [-0.1, -0.05) is 6.32 Å². The zero-order valence-electron chi connectivity index (χ0n) is 4.35. The van der Waals surface area contributed by atoms with Gasteiger partial charge in [0.05, 0.1) is 0 Å². The van der Waals surface area contributed by atoms with Gasteiger partial charge in [0.1, 0.15) is 7.28 Å². The van der Waals surface area contributed by atoms with E-state index in [1.807, 2.05) is 7.28 Å². The predicted octanol–water partition coefficient (Wildman–Crippen LogP) is 0.119. The second-order valence-corrected chi connectivity index (χ2v) is 1.27. The smallest absolute Gasteiger partial charge is 0.127 e. The van der Waals surface area contributed by atoms with Crippen molar-refractivity contribution in [2.24, 2.45) is 5.73 Å². The summed E-state index contributed by atoms with van der Waals surface area (Å²) in [4.78, 5) is 0. The number of nitrogens with two attached hydrogens (primary N) is 1. The molecule has 0 aliphatic carbocycles. The van der Waals surface area contributed by atoms with Crippen molar-refractivity contribution in [1.82, 2.24) is 0 Å². The zero-order valence-corrected chi connectivity index (χ0v) is 4.35. The fourth-order valence-electron chi connectivity index (χ4n) is 0.303. The van der Waals surface area contributed by atoms with Gasteiger partial charge in [0.2, 0.25) is 0 Å². The first-order chi connectivity index (χ1) is 3.41. The molecule has 0 amide bonds. The maximum absolute atomic E-state index is 5.17. The van der Waals surface area contributed by atoms with Gasteiger partial charge in [-0.3, -0.25) is 0 Å². The Labute approximate surface area is 45.5 Å². The molecule has 2 N–H and O–H groups in total. The summed E-state index contributed by atoms with van der Waals surface area (Å²) in [7, 11) is 2.00. The van der Waals surface area contributed by atoms with Crippen molar-refractivity contribution in [3.63, 3.8) is 0 Å². The van der Waals surface area contributed by atoms with E-state index in [1.165, 1.54) is 0 Å². The molecule has 0 aliphatic rings. The summed E-state index contributed by atoms with van der Waals surface area (Å²) in [6.07, 6.45) is 6.63. The normalized spacial score (nSPS) is 7.43. The van der Waals surface area contributed by atoms with E-state index in [2.05, 4.69) is 5.92 Å². The van der Waals surface area contributed by atoms with E-state index < -0.39 is 0 Å². The van der Waals surface area contributed by atoms with Crippen LogP contribution >= 0.6 is 0 Å². The minimum absolute atomic E-state index is 0.710. The molecular weight excluding hydrogens is 84.9 g/mol. The number of hydrogen-bond acceptors (Lipinski definition) is 1. The van der Waals surface area contributed by atoms with Crippen molar-refractivity contribution < 1.29 is 0 Å². The van der Waals surface area contributed by atoms with Gasteiger partial charge >= 0.3 is 0 Å². The van der Waals surface area contributed by atoms with E-state index in [-0.39, 0.29) is 0 Å². The first kappa shape index (κ1) is 6.58. The first-order valence-corrected chi connectivity index (χ1v) is 2.37. The molecule has 0 fully saturated rings. The van der Waals surface area contributed by atoms with Crippen LogP contribution in [-0.2, 0) is 0 Å². The average molecular weight is 93.9 g/mol. The highest BCUT2D eigenvalue weighted by Crippen LogP contribution is 1.77. The van der Waals surface area contributed by atoms with E-state index in [0.717, 1.165) is 12.6 Å². The molecule has 0 saturated heterocycles. The summed E-state index contributed by atoms with van der Waals surface area (Å²) < 4.78 is 0. The quantitative estimate of drug-likeness (QED) is 0.300. The topological polar surface area (TPSA) is 26.0 Å². The Morgan fingerprint density at radius 2 is 2.43 bits per heavy atom. The molecule has 0 bridgehead atoms. The molecule has 37 valence electrons. The molecule has 1 radical (unpaired) electrons. The molecule has 0 atom stereocenters. The van der Waals surface area contributed by atoms with Crippen LogP contribution in [0.5, 0.6) is 0 Å². The molecule has 0 aliphatic heterocycles. The van der Waals surface area contributed by atoms with Crippen LogP contribution in [0.4, 0.5) is 0 Å². The lowest BCUT2D eigenvalue weighted by molar-refractivity contribution is 1.12. The van der Waals surface area contributed by atoms with Gasteiger partial charge < -0.3 is 5.73 Å². The van der Waals surface area contributed by atoms with Gasteiger partial charge in [0.15, 0.2) is 0 Å². The summed E-state index contributed by atoms with van der Waals surface area (Å²) in [5.74, 6) is 2.49. The Morgan fingerprint density at radius 3 is 2.86 bits per heavy atom. The molecule has 0 heterocycles. The third-order valence-corrected chi connectivity index (χ3v) is 0.633. The molecule has 0 rings (SSSR count). The molecular formula is C5H9BN. The monoisotopic (exact) mass is 94.1 g/mol. The molecule has 7 heavy (non-hydrogen) atoms. The Morgan fingerprint density at radius 1 is 1.71 bits per heavy atom. The number of terminal acetylenes is 1. The van der Waals surface area contributed by atoms with Crippen molar-refractivity contribution in [3.05, 3.63) is 0 Å². The lowest BCUT2D eigenvalue weighted by Crippen LogP contribution is -2.01. The summed E-state index contributed by atoms with van der Waals surface area (Å²) in [6.45, 7) is 0.710. The van der Waals surface area contributed by atoms with E-state index >= 15 is 0 Å². The molecule has 0 unspecified atom stereocenters. The molecule has 0 saturated carbocycles. The zero-order chi connectivity index (χ0) is 5.54. The molecule has 1 nitrogen and oxygen atoms in total. The fourth-order valence-corrected chi connectivity index (χ4v) is 0.303. The lowest BCUT2D eigenvalue weighted by atomic mass is 9.71. The van der Waals surface area contributed by atoms with Crippen LogP contribution in [0.2, 0.25) is 12.6 Å². The second-order valence-electron chi connectivity index (χ2n) is 1.27. The second kappa shape index (κ2) is 5.58. The standard InChI is InChI=1S/C5H9BN/c1-2-3-6-4-5-7/h1H,3-5,7H2. The molecule has 0 aromatic rings. The van der Waals surface area contributed by atoms with E-state index in [0.29, 0.717) is 6.54 Å². The summed E-state index contributed by atoms with van der Waals surface area (Å²) in [6, 6.07) is 0. The SMILES string of the molecule is C#CC[B]CCN. The molecule has 0 aromatic heterocycles. The van der Waals surface area contributed by atoms with Gasteiger partial charge in [-0.2, -0.15) is 0 Å². The predicted molar refractivity (Wildman–Crippen MR) is 33.3 cm³/mol. The van der Waals surface area contributed by atoms with Crippen LogP contribution in [0, 0.1) is 12.3 Å². The average Bonchev–Trinajstić information content (AvgIpc) is 1.69. The number of rotatable bonds is 3. The maximum atomic E-state index is 5.17. The van der Waals surface area contributed by atoms with Crippen LogP contribution in [0.15, 0.2) is 0 Å². The first-order valence-electron chi connectivity index (χ1n) is 2.37. The summed E-state index contributed by atoms with van der Waals surface area (Å²) in [5, 5.41) is 0. The van der Waals surface area contributed by atoms with Crippen LogP contribution in [0.3, 0.4) is 0 Å². The largest absolute Gasteiger partial charge is 0.331 e. The van der Waals surface area contributed by atoms with E-state index in [1.54, 1.807) is 0 Å². The Bertz CT molecular complexity index is 65.0. The Hall–Kier alpha value is -0.415. The fraction of sp³-hybridized carbons (Fsp3) is 0.600. The van der Waals surface area contributed by atoms with Crippen molar-refractivity contribution in [2.75, 3.05) is 6.54 Å². The van der Waals surface area contributed by atoms with Gasteiger partial charge in [0, 0.05) is 0 Å². The molecule has 0 aromatic carbocycles. The molecule has 0 spiro atoms. The van der Waals surface area contributed by atoms with Crippen LogP contribution < -0.4 is 5.73 Å². The minimum Gasteiger partial charge on any atom is -0.331 e. The maximum Gasteiger partial charge on any atom is 0.127 e. The third kappa shape index (κ3) is 5.58. The molecule has 2 heteroatoms. The van der Waals surface area contributed by atoms with Crippen molar-refractivity contribution >= 4 is 7.28 Å². The van der Waals surface area contributed by atoms with Crippen LogP contribution in [0.25, 0.3) is 0 Å². The highest BCUT2D eigenvalue weighted by molar-refractivity contribution is 6.36. The number of hydrogen-bond donors (Lipinski definition) is 1. The van der Waals surface area contributed by atoms with Gasteiger partial charge in [0.25, 0.3) is 0 Å². The van der Waals surface area contributed by atoms with Crippen molar-refractivity contribution in [2.45, 2.75) is 12.6 Å². The highest BCUT2D eigenvalue weighted by Gasteiger charge is 1.81. The highest BCUT2D eigenvalue weighted by atomic mass is 14.5. The lowest BCUT2D eigenvalue weighted by Gasteiger charge is -1.84. The third-order valence-electron chi connectivity index (χ3n) is 0.633. The summed E-state index contributed by atoms with van der Waals surface area (Å²) >= 11 is 0. The Balaban J connectivity index is 2.60. The van der Waals surface area contributed by atoms with Crippen LogP contribution in [-0.4, -0.2) is 13.8 Å². The van der Waals surface area contributed by atoms with Crippen molar-refractivity contribution in [3.8, 4) is 12.3 Å². The summed E-state index contributed by atoms with van der Waals surface area (Å²) in [5.41, 5.74) is 5.17. The van der Waals surface area contributed by atoms with Gasteiger partial charge in [-0.05, 0) is 12.9 Å². The van der Waals surface area contributed by atoms with Crippen LogP contribution in [0.1, 0.15) is 0 Å². The minimum atomic E-state index is 0.710. The van der Waals surface area contributed by atoms with E-state index in [4.69, 9.17) is 12.2 Å². The van der Waals surface area contributed by atoms with Gasteiger partial charge in [-0.25, -0.2) is 0 Å². The van der Waals surface area contributed by atoms with Gasteiger partial charge in [-0.15, -0.1) is 12.3 Å². The van der Waals surface area contributed by atoms with Crippen molar-refractivity contribution in [1.29, 1.82) is 0 Å².